The fraction of sp³-hybridized carbons (Fsp3) is 0.235. The summed E-state index contributed by atoms with van der Waals surface area (Å²) in [6.07, 6.45) is 1.53. The Morgan fingerprint density at radius 3 is 2.84 bits per heavy atom. The number of furan rings is 1. The number of benzene rings is 1. The summed E-state index contributed by atoms with van der Waals surface area (Å²) < 4.78 is 6.24. The maximum Gasteiger partial charge on any atom is 0.321 e. The van der Waals surface area contributed by atoms with Crippen molar-refractivity contribution in [2.75, 3.05) is 13.6 Å². The number of likely N-dealkylation sites (N-methyl/N-ethyl adjacent to an activating group) is 1. The van der Waals surface area contributed by atoms with E-state index >= 15 is 0 Å². The highest BCUT2D eigenvalue weighted by Crippen LogP contribution is 2.20. The van der Waals surface area contributed by atoms with E-state index in [4.69, 9.17) is 4.42 Å². The zero-order valence-electron chi connectivity index (χ0n) is 13.7. The Labute approximate surface area is 148 Å². The van der Waals surface area contributed by atoms with E-state index in [1.807, 2.05) is 31.3 Å². The lowest BCUT2D eigenvalue weighted by atomic mass is 10.3. The molecule has 0 aliphatic carbocycles. The predicted octanol–water partition coefficient (Wildman–Crippen LogP) is 0.930. The Kier molecular flexibility index (Phi) is 5.42. The van der Waals surface area contributed by atoms with Crippen molar-refractivity contribution in [1.29, 1.82) is 0 Å². The quantitative estimate of drug-likeness (QED) is 0.611. The second-order valence-electron chi connectivity index (χ2n) is 5.70. The first-order valence-corrected chi connectivity index (χ1v) is 8.67. The molecule has 3 rings (SSSR count). The smallest absolute Gasteiger partial charge is 0.321 e. The van der Waals surface area contributed by atoms with Gasteiger partial charge >= 0.3 is 6.03 Å². The number of nitrogens with zero attached hydrogens (tertiary/aromatic N) is 1. The highest BCUT2D eigenvalue weighted by atomic mass is 32.1. The first-order valence-electron chi connectivity index (χ1n) is 7.86. The second kappa shape index (κ2) is 7.91. The standard InChI is InChI=1S/C17H18N4O3S/c1-21(11-16-19-13-6-2-3-7-14(13)25-16)10-15(22)20-17(23)18-9-12-5-4-8-24-12/h2-8H,9-11H2,1H3,(H2,18,20,22,23)/p+1. The van der Waals surface area contributed by atoms with Crippen LogP contribution in [0.25, 0.3) is 10.2 Å². The number of thiazole rings is 1. The zero-order chi connectivity index (χ0) is 17.6. The lowest BCUT2D eigenvalue weighted by Gasteiger charge is -2.12. The van der Waals surface area contributed by atoms with Crippen molar-refractivity contribution < 1.29 is 18.9 Å². The molecule has 7 nitrogen and oxygen atoms in total. The molecule has 3 N–H and O–H groups in total. The molecule has 1 atom stereocenters. The van der Waals surface area contributed by atoms with Gasteiger partial charge < -0.3 is 14.6 Å². The largest absolute Gasteiger partial charge is 0.467 e. The molecular formula is C17H19N4O3S+. The summed E-state index contributed by atoms with van der Waals surface area (Å²) in [6, 6.07) is 10.9. The Morgan fingerprint density at radius 2 is 2.08 bits per heavy atom. The second-order valence-corrected chi connectivity index (χ2v) is 6.81. The minimum Gasteiger partial charge on any atom is -0.467 e. The fourth-order valence-electron chi connectivity index (χ4n) is 2.39. The van der Waals surface area contributed by atoms with Crippen LogP contribution in [0.4, 0.5) is 4.79 Å². The maximum absolute atomic E-state index is 12.0. The Balaban J connectivity index is 1.44. The third-order valence-corrected chi connectivity index (χ3v) is 4.55. The van der Waals surface area contributed by atoms with Gasteiger partial charge in [0.1, 0.15) is 17.3 Å². The van der Waals surface area contributed by atoms with Crippen LogP contribution in [0.3, 0.4) is 0 Å². The van der Waals surface area contributed by atoms with E-state index in [-0.39, 0.29) is 19.0 Å². The molecule has 0 aliphatic rings. The van der Waals surface area contributed by atoms with Crippen LogP contribution in [-0.4, -0.2) is 30.5 Å². The van der Waals surface area contributed by atoms with Gasteiger partial charge in [-0.25, -0.2) is 9.78 Å². The zero-order valence-corrected chi connectivity index (χ0v) is 14.6. The number of fused-ring (bicyclic) bond motifs is 1. The molecule has 0 saturated heterocycles. The number of para-hydroxylation sites is 1. The molecule has 8 heteroatoms. The number of carbonyl (C=O) groups excluding carboxylic acids is 2. The summed E-state index contributed by atoms with van der Waals surface area (Å²) in [5, 5.41) is 5.86. The topological polar surface area (TPSA) is 88.7 Å². The van der Waals surface area contributed by atoms with Gasteiger partial charge in [0.25, 0.3) is 5.91 Å². The highest BCUT2D eigenvalue weighted by molar-refractivity contribution is 7.18. The van der Waals surface area contributed by atoms with E-state index in [0.29, 0.717) is 12.3 Å². The molecule has 0 bridgehead atoms. The Hall–Kier alpha value is -2.71. The van der Waals surface area contributed by atoms with Gasteiger partial charge in [-0.2, -0.15) is 0 Å². The van der Waals surface area contributed by atoms with Gasteiger partial charge in [0.15, 0.2) is 6.54 Å². The number of rotatable bonds is 6. The van der Waals surface area contributed by atoms with Gasteiger partial charge in [-0.3, -0.25) is 10.1 Å². The van der Waals surface area contributed by atoms with Gasteiger partial charge in [-0.1, -0.05) is 12.1 Å². The molecule has 1 aromatic carbocycles. The first kappa shape index (κ1) is 17.1. The van der Waals surface area contributed by atoms with Crippen molar-refractivity contribution in [1.82, 2.24) is 15.6 Å². The number of hydrogen-bond donors (Lipinski definition) is 3. The summed E-state index contributed by atoms with van der Waals surface area (Å²) >= 11 is 1.62. The SMILES string of the molecule is C[NH+](CC(=O)NC(=O)NCc1ccco1)Cc1nc2ccccc2s1. The number of urea groups is 1. The van der Waals surface area contributed by atoms with Crippen LogP contribution in [0.2, 0.25) is 0 Å². The molecule has 0 aliphatic heterocycles. The minimum absolute atomic E-state index is 0.185. The summed E-state index contributed by atoms with van der Waals surface area (Å²) in [5.41, 5.74) is 0.969. The molecule has 2 heterocycles. The summed E-state index contributed by atoms with van der Waals surface area (Å²) in [5.74, 6) is 0.289. The van der Waals surface area contributed by atoms with Crippen LogP contribution in [-0.2, 0) is 17.9 Å². The van der Waals surface area contributed by atoms with E-state index < -0.39 is 6.03 Å². The van der Waals surface area contributed by atoms with Gasteiger partial charge in [0, 0.05) is 0 Å². The molecular weight excluding hydrogens is 340 g/mol. The molecule has 3 aromatic rings. The minimum atomic E-state index is -0.533. The van der Waals surface area contributed by atoms with E-state index in [2.05, 4.69) is 15.6 Å². The monoisotopic (exact) mass is 359 g/mol. The van der Waals surface area contributed by atoms with Crippen LogP contribution in [0, 0.1) is 0 Å². The molecule has 3 amide bonds. The van der Waals surface area contributed by atoms with Crippen molar-refractivity contribution in [2.45, 2.75) is 13.1 Å². The number of amides is 3. The number of quaternary nitrogens is 1. The third-order valence-electron chi connectivity index (χ3n) is 3.51. The van der Waals surface area contributed by atoms with Crippen molar-refractivity contribution >= 4 is 33.5 Å². The average Bonchev–Trinajstić information content (AvgIpc) is 3.21. The summed E-state index contributed by atoms with van der Waals surface area (Å²) in [7, 11) is 1.90. The van der Waals surface area contributed by atoms with Crippen molar-refractivity contribution in [3.63, 3.8) is 0 Å². The number of hydrogen-bond acceptors (Lipinski definition) is 5. The molecule has 0 saturated carbocycles. The van der Waals surface area contributed by atoms with Crippen molar-refractivity contribution in [2.24, 2.45) is 0 Å². The Morgan fingerprint density at radius 1 is 1.24 bits per heavy atom. The normalized spacial score (nSPS) is 12.0. The van der Waals surface area contributed by atoms with Crippen LogP contribution < -0.4 is 15.5 Å². The van der Waals surface area contributed by atoms with Crippen molar-refractivity contribution in [3.8, 4) is 0 Å². The summed E-state index contributed by atoms with van der Waals surface area (Å²) in [6.45, 7) is 1.05. The number of imide groups is 1. The lowest BCUT2D eigenvalue weighted by molar-refractivity contribution is -0.885. The molecule has 0 spiro atoms. The average molecular weight is 359 g/mol. The molecule has 25 heavy (non-hydrogen) atoms. The molecule has 2 aromatic heterocycles. The first-order chi connectivity index (χ1) is 12.1. The van der Waals surface area contributed by atoms with Gasteiger partial charge in [-0.05, 0) is 24.3 Å². The Bertz CT molecular complexity index is 827. The number of carbonyl (C=O) groups is 2. The molecule has 1 unspecified atom stereocenters. The molecule has 0 radical (unpaired) electrons. The fourth-order valence-corrected chi connectivity index (χ4v) is 3.47. The predicted molar refractivity (Wildman–Crippen MR) is 94.2 cm³/mol. The van der Waals surface area contributed by atoms with Gasteiger partial charge in [0.05, 0.1) is 30.1 Å². The molecule has 130 valence electrons. The van der Waals surface area contributed by atoms with E-state index in [1.54, 1.807) is 23.5 Å². The highest BCUT2D eigenvalue weighted by Gasteiger charge is 2.15. The lowest BCUT2D eigenvalue weighted by Crippen LogP contribution is -3.09. The van der Waals surface area contributed by atoms with Crippen LogP contribution in [0.1, 0.15) is 10.8 Å². The van der Waals surface area contributed by atoms with Crippen LogP contribution in [0.15, 0.2) is 47.1 Å². The molecule has 0 fully saturated rings. The van der Waals surface area contributed by atoms with E-state index in [9.17, 15) is 9.59 Å². The van der Waals surface area contributed by atoms with E-state index in [1.165, 1.54) is 6.26 Å². The van der Waals surface area contributed by atoms with Gasteiger partial charge in [-0.15, -0.1) is 11.3 Å². The number of nitrogens with one attached hydrogen (secondary N) is 3. The van der Waals surface area contributed by atoms with Crippen LogP contribution in [0.5, 0.6) is 0 Å². The van der Waals surface area contributed by atoms with E-state index in [0.717, 1.165) is 20.1 Å². The van der Waals surface area contributed by atoms with Gasteiger partial charge in [0.2, 0.25) is 0 Å². The number of aromatic nitrogens is 1. The third kappa shape index (κ3) is 4.88. The maximum atomic E-state index is 12.0. The van der Waals surface area contributed by atoms with Crippen LogP contribution >= 0.6 is 11.3 Å². The van der Waals surface area contributed by atoms with Crippen molar-refractivity contribution in [3.05, 3.63) is 53.4 Å². The summed E-state index contributed by atoms with van der Waals surface area (Å²) in [4.78, 5) is 29.2.